The van der Waals surface area contributed by atoms with E-state index >= 15 is 0 Å². The average molecular weight is 532 g/mol. The third-order valence-electron chi connectivity index (χ3n) is 7.15. The summed E-state index contributed by atoms with van der Waals surface area (Å²) in [5.74, 6) is -1.46. The molecule has 0 radical (unpaired) electrons. The number of fused-ring (bicyclic) bond motifs is 3. The molecule has 186 valence electrons. The highest BCUT2D eigenvalue weighted by Gasteiger charge is 2.47. The highest BCUT2D eigenvalue weighted by atomic mass is 35.5. The van der Waals surface area contributed by atoms with Gasteiger partial charge in [-0.3, -0.25) is 9.79 Å². The molecule has 3 aromatic rings. The van der Waals surface area contributed by atoms with Gasteiger partial charge in [0.05, 0.1) is 27.0 Å². The van der Waals surface area contributed by atoms with Crippen LogP contribution in [-0.2, 0) is 4.74 Å². The Kier molecular flexibility index (Phi) is 5.62. The van der Waals surface area contributed by atoms with Crippen molar-refractivity contribution in [3.63, 3.8) is 0 Å². The molecule has 4 heterocycles. The Morgan fingerprint density at radius 1 is 1.08 bits per heavy atom. The molecule has 2 saturated heterocycles. The highest BCUT2D eigenvalue weighted by molar-refractivity contribution is 6.45. The van der Waals surface area contributed by atoms with Crippen molar-refractivity contribution in [3.05, 3.63) is 74.8 Å². The lowest BCUT2D eigenvalue weighted by molar-refractivity contribution is -0.0669. The van der Waals surface area contributed by atoms with Gasteiger partial charge in [-0.1, -0.05) is 29.3 Å². The third-order valence-corrected chi connectivity index (χ3v) is 7.95. The lowest BCUT2D eigenvalue weighted by Gasteiger charge is -2.51. The summed E-state index contributed by atoms with van der Waals surface area (Å²) in [4.78, 5) is 24.1. The van der Waals surface area contributed by atoms with Crippen LogP contribution in [0.3, 0.4) is 0 Å². The van der Waals surface area contributed by atoms with Crippen LogP contribution in [0.25, 0.3) is 5.69 Å². The minimum absolute atomic E-state index is 0.00461. The summed E-state index contributed by atoms with van der Waals surface area (Å²) in [6.07, 6.45) is 1.86. The van der Waals surface area contributed by atoms with Crippen LogP contribution in [0.5, 0.6) is 0 Å². The van der Waals surface area contributed by atoms with E-state index in [1.165, 1.54) is 10.7 Å². The van der Waals surface area contributed by atoms with Crippen LogP contribution in [0.2, 0.25) is 10.0 Å². The van der Waals surface area contributed by atoms with E-state index in [4.69, 9.17) is 27.9 Å². The summed E-state index contributed by atoms with van der Waals surface area (Å²) in [6.45, 7) is 4.41. The molecule has 0 saturated carbocycles. The smallest absolute Gasteiger partial charge is 0.293 e. The molecule has 0 aliphatic carbocycles. The Morgan fingerprint density at radius 2 is 1.78 bits per heavy atom. The van der Waals surface area contributed by atoms with Crippen molar-refractivity contribution in [3.8, 4) is 5.69 Å². The summed E-state index contributed by atoms with van der Waals surface area (Å²) in [5.41, 5.74) is 0.385. The van der Waals surface area contributed by atoms with Crippen LogP contribution in [-0.4, -0.2) is 57.6 Å². The fourth-order valence-corrected chi connectivity index (χ4v) is 5.61. The van der Waals surface area contributed by atoms with E-state index in [-0.39, 0.29) is 44.0 Å². The fraction of sp³-hybridized carbons (Fsp3) is 0.360. The molecule has 1 atom stereocenters. The first-order valence-corrected chi connectivity index (χ1v) is 12.4. The molecule has 0 unspecified atom stereocenters. The lowest BCUT2D eigenvalue weighted by Crippen LogP contribution is -2.60. The monoisotopic (exact) mass is 531 g/mol. The Labute approximate surface area is 215 Å². The summed E-state index contributed by atoms with van der Waals surface area (Å²) < 4.78 is 36.6. The zero-order chi connectivity index (χ0) is 25.2. The van der Waals surface area contributed by atoms with Gasteiger partial charge in [0.15, 0.2) is 5.82 Å². The van der Waals surface area contributed by atoms with Crippen molar-refractivity contribution in [1.82, 2.24) is 19.7 Å². The van der Waals surface area contributed by atoms with Crippen LogP contribution in [0.15, 0.2) is 35.3 Å². The minimum atomic E-state index is -0.786. The molecule has 7 nitrogen and oxygen atoms in total. The van der Waals surface area contributed by atoms with Crippen LogP contribution in [0.1, 0.15) is 53.4 Å². The molecule has 2 fully saturated rings. The first-order valence-electron chi connectivity index (χ1n) is 11.6. The van der Waals surface area contributed by atoms with E-state index in [1.54, 1.807) is 24.0 Å². The third kappa shape index (κ3) is 3.64. The van der Waals surface area contributed by atoms with E-state index in [0.717, 1.165) is 25.0 Å². The molecule has 3 aliphatic rings. The second kappa shape index (κ2) is 8.61. The van der Waals surface area contributed by atoms with E-state index < -0.39 is 17.7 Å². The molecule has 11 heteroatoms. The van der Waals surface area contributed by atoms with E-state index in [0.29, 0.717) is 37.8 Å². The van der Waals surface area contributed by atoms with Gasteiger partial charge in [0.25, 0.3) is 5.91 Å². The number of rotatable bonds is 2. The van der Waals surface area contributed by atoms with Gasteiger partial charge in [0, 0.05) is 37.3 Å². The van der Waals surface area contributed by atoms with Crippen molar-refractivity contribution in [2.24, 2.45) is 10.4 Å². The highest BCUT2D eigenvalue weighted by Crippen LogP contribution is 2.41. The van der Waals surface area contributed by atoms with E-state index in [2.05, 4.69) is 15.1 Å². The van der Waals surface area contributed by atoms with Crippen molar-refractivity contribution >= 4 is 34.8 Å². The molecular formula is C25H21Cl2F2N5O2. The Balaban J connectivity index is 1.43. The molecule has 1 aromatic heterocycles. The first kappa shape index (κ1) is 23.5. The van der Waals surface area contributed by atoms with E-state index in [9.17, 15) is 13.6 Å². The Hall–Kier alpha value is -2.88. The molecule has 1 amide bonds. The van der Waals surface area contributed by atoms with Gasteiger partial charge in [-0.15, -0.1) is 5.10 Å². The maximum atomic E-state index is 14.8. The average Bonchev–Trinajstić information content (AvgIpc) is 3.25. The maximum absolute atomic E-state index is 14.8. The summed E-state index contributed by atoms with van der Waals surface area (Å²) >= 11 is 12.9. The number of carbonyl (C=O) groups is 1. The lowest BCUT2D eigenvalue weighted by atomic mass is 9.73. The summed E-state index contributed by atoms with van der Waals surface area (Å²) in [6, 6.07) is 6.09. The zero-order valence-electron chi connectivity index (χ0n) is 19.3. The van der Waals surface area contributed by atoms with Gasteiger partial charge < -0.3 is 9.64 Å². The van der Waals surface area contributed by atoms with Crippen molar-refractivity contribution in [2.75, 3.05) is 26.3 Å². The molecular weight excluding hydrogens is 511 g/mol. The molecule has 0 bridgehead atoms. The summed E-state index contributed by atoms with van der Waals surface area (Å²) in [7, 11) is 0. The zero-order valence-corrected chi connectivity index (χ0v) is 20.8. The number of aliphatic imine (C=N–C) groups is 1. The van der Waals surface area contributed by atoms with Crippen molar-refractivity contribution < 1.29 is 18.3 Å². The molecule has 0 N–H and O–H groups in total. The van der Waals surface area contributed by atoms with Gasteiger partial charge >= 0.3 is 0 Å². The van der Waals surface area contributed by atoms with Crippen LogP contribution in [0, 0.1) is 17.0 Å². The molecule has 36 heavy (non-hydrogen) atoms. The van der Waals surface area contributed by atoms with Crippen LogP contribution in [0.4, 0.5) is 8.78 Å². The summed E-state index contributed by atoms with van der Waals surface area (Å²) in [5, 5.41) is 4.77. The number of halogens is 4. The number of amides is 1. The number of hydrogen-bond acceptors (Lipinski definition) is 5. The largest absolute Gasteiger partial charge is 0.381 e. The van der Waals surface area contributed by atoms with Gasteiger partial charge in [-0.2, -0.15) is 0 Å². The predicted octanol–water partition coefficient (Wildman–Crippen LogP) is 5.02. The normalized spacial score (nSPS) is 20.3. The first-order chi connectivity index (χ1) is 17.3. The molecule has 6 rings (SSSR count). The number of aromatic nitrogens is 3. The molecule has 1 spiro atoms. The molecule has 3 aliphatic heterocycles. The topological polar surface area (TPSA) is 72.6 Å². The van der Waals surface area contributed by atoms with E-state index in [1.807, 2.05) is 0 Å². The maximum Gasteiger partial charge on any atom is 0.293 e. The number of benzene rings is 2. The number of likely N-dealkylation sites (tertiary alicyclic amines) is 1. The second-order valence-electron chi connectivity index (χ2n) is 9.48. The molecule has 2 aromatic carbocycles. The van der Waals surface area contributed by atoms with Crippen LogP contribution < -0.4 is 0 Å². The van der Waals surface area contributed by atoms with Crippen LogP contribution >= 0.6 is 23.2 Å². The minimum Gasteiger partial charge on any atom is -0.381 e. The van der Waals surface area contributed by atoms with Gasteiger partial charge in [0.1, 0.15) is 17.7 Å². The number of carbonyl (C=O) groups excluding carboxylic acids is 1. The number of ether oxygens (including phenoxy) is 1. The Bertz CT molecular complexity index is 1410. The standard InChI is InChI=1S/C25H21Cl2F2N5O2/c1-13-23-31-22(24(35)33-11-25(12-33)7-9-36-10-8-25)32-34(23)17-6-5-14(26)20(27)19(17)21(30-13)18-15(28)3-2-4-16(18)29/h2-6,13H,7-12H2,1H3/t13-/m0/s1. The SMILES string of the molecule is C[C@@H]1N=C(c2c(F)cccc2F)c2c(ccc(Cl)c2Cl)-n2nc(C(=O)N3CC4(CCOCC4)C3)nc21. The van der Waals surface area contributed by atoms with Gasteiger partial charge in [0.2, 0.25) is 5.82 Å². The fourth-order valence-electron chi connectivity index (χ4n) is 5.20. The number of nitrogens with zero attached hydrogens (tertiary/aromatic N) is 5. The quantitative estimate of drug-likeness (QED) is 0.465. The second-order valence-corrected chi connectivity index (χ2v) is 10.3. The van der Waals surface area contributed by atoms with Crippen molar-refractivity contribution in [1.29, 1.82) is 0 Å². The van der Waals surface area contributed by atoms with Gasteiger partial charge in [-0.05, 0) is 44.0 Å². The Morgan fingerprint density at radius 3 is 2.47 bits per heavy atom. The van der Waals surface area contributed by atoms with Crippen molar-refractivity contribution in [2.45, 2.75) is 25.8 Å². The van der Waals surface area contributed by atoms with Gasteiger partial charge in [-0.25, -0.2) is 18.4 Å². The predicted molar refractivity (Wildman–Crippen MR) is 130 cm³/mol. The number of hydrogen-bond donors (Lipinski definition) is 0.